The zero-order chi connectivity index (χ0) is 25.0. The summed E-state index contributed by atoms with van der Waals surface area (Å²) < 4.78 is 0. The van der Waals surface area contributed by atoms with Gasteiger partial charge in [0.05, 0.1) is 0 Å². The third-order valence-corrected chi connectivity index (χ3v) is 21.0. The fraction of sp³-hybridized carbons (Fsp3) is 1.00. The highest BCUT2D eigenvalue weighted by molar-refractivity contribution is 5.62. The summed E-state index contributed by atoms with van der Waals surface area (Å²) >= 11 is 0. The highest BCUT2D eigenvalue weighted by Gasteiger charge is 3.16. The average molecular weight is 439 g/mol. The van der Waals surface area contributed by atoms with Crippen LogP contribution in [-0.2, 0) is 0 Å². The van der Waals surface area contributed by atoms with Crippen LogP contribution in [0.25, 0.3) is 0 Å². The molecule has 0 heterocycles. The Kier molecular flexibility index (Phi) is 2.78. The second-order valence-corrected chi connectivity index (χ2v) is 17.8. The Balaban J connectivity index is 2.09. The van der Waals surface area contributed by atoms with Crippen molar-refractivity contribution in [1.82, 2.24) is 0 Å². The molecule has 0 aliphatic heterocycles. The maximum atomic E-state index is 2.84. The Morgan fingerprint density at radius 2 is 0.281 bits per heavy atom. The number of rotatable bonds is 0. The first-order chi connectivity index (χ1) is 13.8. The standard InChI is InChI=1S/C32H54/c1-19(2)23(9)20(3,4)29(15)30(16)25(11)22(7,8)27(13)26(12,21(5,6)24(23,25)10)31(17,28(19,30)14)32(27,29)18/h1-18H3. The highest BCUT2D eigenvalue weighted by Crippen LogP contribution is 3.19. The van der Waals surface area contributed by atoms with Crippen molar-refractivity contribution in [2.75, 3.05) is 0 Å². The molecule has 0 spiro atoms. The number of hydrogen-bond acceptors (Lipinski definition) is 0. The van der Waals surface area contributed by atoms with Gasteiger partial charge in [-0.05, 0) is 75.8 Å². The van der Waals surface area contributed by atoms with Crippen LogP contribution in [0.3, 0.4) is 0 Å². The Hall–Kier alpha value is 0. The Morgan fingerprint density at radius 1 is 0.156 bits per heavy atom. The lowest BCUT2D eigenvalue weighted by Crippen LogP contribution is -2.99. The van der Waals surface area contributed by atoms with Crippen molar-refractivity contribution in [3.63, 3.8) is 0 Å². The molecule has 0 N–H and O–H groups in total. The molecule has 0 aromatic heterocycles. The minimum absolute atomic E-state index is 0.211. The monoisotopic (exact) mass is 438 g/mol. The van der Waals surface area contributed by atoms with Gasteiger partial charge in [0.15, 0.2) is 0 Å². The predicted molar refractivity (Wildman–Crippen MR) is 136 cm³/mol. The summed E-state index contributed by atoms with van der Waals surface area (Å²) in [4.78, 5) is 0. The van der Waals surface area contributed by atoms with Crippen LogP contribution in [0.1, 0.15) is 125 Å². The zero-order valence-corrected chi connectivity index (χ0v) is 25.0. The summed E-state index contributed by atoms with van der Waals surface area (Å²) in [5.41, 5.74) is 3.49. The topological polar surface area (TPSA) is 0 Å². The minimum atomic E-state index is 0.211. The van der Waals surface area contributed by atoms with E-state index in [-0.39, 0.29) is 75.8 Å². The van der Waals surface area contributed by atoms with Gasteiger partial charge in [-0.25, -0.2) is 0 Å². The number of fused-ring (bicyclic) bond motifs is 1. The van der Waals surface area contributed by atoms with E-state index in [4.69, 9.17) is 0 Å². The van der Waals surface area contributed by atoms with Gasteiger partial charge in [-0.3, -0.25) is 0 Å². The van der Waals surface area contributed by atoms with Gasteiger partial charge in [0.25, 0.3) is 0 Å². The predicted octanol–water partition coefficient (Wildman–Crippen LogP) is 9.24. The highest BCUT2D eigenvalue weighted by atomic mass is 15.2. The molecule has 7 aliphatic rings. The Morgan fingerprint density at radius 3 is 0.531 bits per heavy atom. The van der Waals surface area contributed by atoms with Crippen LogP contribution in [0, 0.1) is 75.8 Å². The first kappa shape index (κ1) is 22.5. The zero-order valence-electron chi connectivity index (χ0n) is 25.0. The summed E-state index contributed by atoms with van der Waals surface area (Å²) in [6, 6.07) is 0. The lowest BCUT2D eigenvalue weighted by molar-refractivity contribution is -0.564. The maximum absolute atomic E-state index is 2.84. The van der Waals surface area contributed by atoms with E-state index in [9.17, 15) is 0 Å². The van der Waals surface area contributed by atoms with Crippen molar-refractivity contribution >= 4 is 0 Å². The molecule has 7 aliphatic carbocycles. The van der Waals surface area contributed by atoms with E-state index in [0.717, 1.165) is 0 Å². The molecule has 10 atom stereocenters. The van der Waals surface area contributed by atoms with Crippen molar-refractivity contribution in [1.29, 1.82) is 0 Å². The third-order valence-electron chi connectivity index (χ3n) is 21.0. The van der Waals surface area contributed by atoms with Gasteiger partial charge in [-0.2, -0.15) is 0 Å². The molecule has 0 amide bonds. The van der Waals surface area contributed by atoms with Crippen LogP contribution >= 0.6 is 0 Å². The van der Waals surface area contributed by atoms with Crippen molar-refractivity contribution in [3.8, 4) is 0 Å². The Bertz CT molecular complexity index is 1050. The molecule has 0 radical (unpaired) electrons. The van der Waals surface area contributed by atoms with Crippen LogP contribution in [0.15, 0.2) is 0 Å². The fourth-order valence-corrected chi connectivity index (χ4v) is 19.0. The van der Waals surface area contributed by atoms with Crippen LogP contribution in [0.5, 0.6) is 0 Å². The van der Waals surface area contributed by atoms with Crippen molar-refractivity contribution in [2.45, 2.75) is 125 Å². The van der Waals surface area contributed by atoms with E-state index in [2.05, 4.69) is 125 Å². The smallest absolute Gasteiger partial charge is 0.0131 e. The molecule has 32 heavy (non-hydrogen) atoms. The SMILES string of the molecule is CC1(C)C2(C)C3(C)C(C)(C)C4(C)C5(C)C2(C)C(C)(C)C2(C)C1(C)C4(C)C2(C)C5(C)C3(C)C. The quantitative estimate of drug-likeness (QED) is 0.353. The molecule has 0 saturated heterocycles. The molecule has 0 heteroatoms. The van der Waals surface area contributed by atoms with Crippen molar-refractivity contribution in [3.05, 3.63) is 0 Å². The van der Waals surface area contributed by atoms with E-state index in [0.29, 0.717) is 0 Å². The van der Waals surface area contributed by atoms with Crippen LogP contribution in [-0.4, -0.2) is 0 Å². The molecule has 0 nitrogen and oxygen atoms in total. The average Bonchev–Trinajstić information content (AvgIpc) is 2.72. The first-order valence-electron chi connectivity index (χ1n) is 13.8. The molecule has 7 rings (SSSR count). The summed E-state index contributed by atoms with van der Waals surface area (Å²) in [6.07, 6.45) is 0. The van der Waals surface area contributed by atoms with E-state index in [1.54, 1.807) is 0 Å². The van der Waals surface area contributed by atoms with Crippen molar-refractivity contribution < 1.29 is 0 Å². The second-order valence-electron chi connectivity index (χ2n) is 17.8. The fourth-order valence-electron chi connectivity index (χ4n) is 19.0. The molecule has 10 unspecified atom stereocenters. The summed E-state index contributed by atoms with van der Waals surface area (Å²) in [5.74, 6) is 0. The third kappa shape index (κ3) is 0.863. The van der Waals surface area contributed by atoms with Crippen LogP contribution in [0.2, 0.25) is 0 Å². The maximum Gasteiger partial charge on any atom is -0.0131 e. The molecule has 0 aromatic carbocycles. The van der Waals surface area contributed by atoms with Gasteiger partial charge in [-0.15, -0.1) is 0 Å². The molecule has 0 aromatic rings. The van der Waals surface area contributed by atoms with Gasteiger partial charge in [0.1, 0.15) is 0 Å². The lowest BCUT2D eigenvalue weighted by Gasteiger charge is -3.03. The van der Waals surface area contributed by atoms with E-state index in [1.165, 1.54) is 0 Å². The van der Waals surface area contributed by atoms with E-state index >= 15 is 0 Å². The summed E-state index contributed by atoms with van der Waals surface area (Å²) in [5, 5.41) is 0. The largest absolute Gasteiger partial charge is 0.0588 e. The summed E-state index contributed by atoms with van der Waals surface area (Å²) in [6.45, 7) is 50.0. The van der Waals surface area contributed by atoms with E-state index < -0.39 is 0 Å². The molecular formula is C32H54. The lowest BCUT2D eigenvalue weighted by atomic mass is 9.01. The molecule has 7 bridgehead atoms. The van der Waals surface area contributed by atoms with Gasteiger partial charge < -0.3 is 0 Å². The minimum Gasteiger partial charge on any atom is -0.0588 e. The van der Waals surface area contributed by atoms with Gasteiger partial charge in [0.2, 0.25) is 0 Å². The summed E-state index contributed by atoms with van der Waals surface area (Å²) in [7, 11) is 0. The molecule has 7 saturated carbocycles. The molecular weight excluding hydrogens is 384 g/mol. The first-order valence-corrected chi connectivity index (χ1v) is 13.8. The van der Waals surface area contributed by atoms with Crippen LogP contribution < -0.4 is 0 Å². The van der Waals surface area contributed by atoms with E-state index in [1.807, 2.05) is 0 Å². The Labute approximate surface area is 200 Å². The van der Waals surface area contributed by atoms with Gasteiger partial charge >= 0.3 is 0 Å². The van der Waals surface area contributed by atoms with Crippen molar-refractivity contribution in [2.24, 2.45) is 75.8 Å². The van der Waals surface area contributed by atoms with Crippen LogP contribution in [0.4, 0.5) is 0 Å². The molecule has 7 fully saturated rings. The molecule has 182 valence electrons. The van der Waals surface area contributed by atoms with Gasteiger partial charge in [-0.1, -0.05) is 125 Å². The van der Waals surface area contributed by atoms with Gasteiger partial charge in [0, 0.05) is 0 Å². The second kappa shape index (κ2) is 3.95. The normalized spacial score (nSPS) is 73.7. The number of hydrogen-bond donors (Lipinski definition) is 0.